The van der Waals surface area contributed by atoms with Crippen LogP contribution in [0.15, 0.2) is 18.2 Å². The van der Waals surface area contributed by atoms with E-state index in [4.69, 9.17) is 22.7 Å². The number of nitrogen functional groups attached to an aromatic ring is 1. The van der Waals surface area contributed by atoms with E-state index in [9.17, 15) is 0 Å². The molecule has 0 aliphatic rings. The van der Waals surface area contributed by atoms with Gasteiger partial charge in [0, 0.05) is 18.7 Å². The number of unbranched alkanes of at least 4 members (excludes halogenated alkanes) is 1. The number of nitrogens with two attached hydrogens (primary N) is 1. The molecule has 1 atom stereocenters. The molecule has 0 saturated heterocycles. The minimum Gasteiger partial charge on any atom is -0.487 e. The number of hydrogen-bond donors (Lipinski definition) is 1. The van der Waals surface area contributed by atoms with Gasteiger partial charge in [0.1, 0.15) is 0 Å². The van der Waals surface area contributed by atoms with Gasteiger partial charge in [-0.15, -0.1) is 0 Å². The van der Waals surface area contributed by atoms with Crippen LogP contribution < -0.4 is 5.73 Å². The smallest absolute Gasteiger partial charge is 0.160 e. The van der Waals surface area contributed by atoms with Crippen LogP contribution in [0.25, 0.3) is 0 Å². The summed E-state index contributed by atoms with van der Waals surface area (Å²) in [6.45, 7) is 6.11. The number of aryl methyl sites for hydroxylation is 1. The van der Waals surface area contributed by atoms with E-state index >= 15 is 0 Å². The predicted molar refractivity (Wildman–Crippen MR) is 108 cm³/mol. The fraction of sp³-hybridized carbons (Fsp3) is 0.650. The third kappa shape index (κ3) is 8.11. The van der Waals surface area contributed by atoms with Gasteiger partial charge in [0.05, 0.1) is 6.61 Å². The van der Waals surface area contributed by atoms with Crippen molar-refractivity contribution in [2.75, 3.05) is 26.4 Å². The van der Waals surface area contributed by atoms with Gasteiger partial charge in [-0.1, -0.05) is 45.2 Å². The highest BCUT2D eigenvalue weighted by molar-refractivity contribution is 7.80. The Kier molecular flexibility index (Phi) is 9.96. The van der Waals surface area contributed by atoms with Gasteiger partial charge in [-0.25, -0.2) is 0 Å². The van der Waals surface area contributed by atoms with Crippen LogP contribution in [0, 0.1) is 5.92 Å². The van der Waals surface area contributed by atoms with Crippen LogP contribution in [0.1, 0.15) is 57.1 Å². The van der Waals surface area contributed by atoms with Gasteiger partial charge < -0.3 is 15.4 Å². The Morgan fingerprint density at radius 2 is 2.04 bits per heavy atom. The van der Waals surface area contributed by atoms with E-state index in [0.717, 1.165) is 43.7 Å². The molecule has 0 aliphatic heterocycles. The Balaban J connectivity index is 2.41. The number of rotatable bonds is 11. The standard InChI is InChI=1S/C20H34N2OS/c1-5-7-8-16(6-2)15-23-20(24)12-11-18-10-9-17(13-19(18)21)14-22(3)4/h9-10,13,16H,5-8,11-12,14-15,21H2,1-4H3. The van der Waals surface area contributed by atoms with Crippen molar-refractivity contribution in [1.29, 1.82) is 0 Å². The van der Waals surface area contributed by atoms with Crippen LogP contribution in [0.4, 0.5) is 5.69 Å². The predicted octanol–water partition coefficient (Wildman–Crippen LogP) is 4.82. The summed E-state index contributed by atoms with van der Waals surface area (Å²) in [5.74, 6) is 0.623. The van der Waals surface area contributed by atoms with Gasteiger partial charge in [-0.05, 0) is 62.3 Å². The van der Waals surface area contributed by atoms with Gasteiger partial charge in [0.25, 0.3) is 0 Å². The monoisotopic (exact) mass is 350 g/mol. The van der Waals surface area contributed by atoms with Crippen LogP contribution in [-0.4, -0.2) is 30.7 Å². The average Bonchev–Trinajstić information content (AvgIpc) is 2.53. The molecule has 1 rings (SSSR count). The highest BCUT2D eigenvalue weighted by atomic mass is 32.1. The molecule has 0 heterocycles. The fourth-order valence-corrected chi connectivity index (χ4v) is 2.92. The van der Waals surface area contributed by atoms with Crippen molar-refractivity contribution < 1.29 is 4.74 Å². The SMILES string of the molecule is CCCCC(CC)COC(=S)CCc1ccc(CN(C)C)cc1N. The summed E-state index contributed by atoms with van der Waals surface area (Å²) in [7, 11) is 4.12. The quantitative estimate of drug-likeness (QED) is 0.458. The molecule has 1 aromatic rings. The molecule has 0 amide bonds. The number of hydrogen-bond acceptors (Lipinski definition) is 4. The number of benzene rings is 1. The van der Waals surface area contributed by atoms with E-state index in [-0.39, 0.29) is 0 Å². The number of ether oxygens (including phenoxy) is 1. The van der Waals surface area contributed by atoms with Gasteiger partial charge in [-0.2, -0.15) is 0 Å². The fourth-order valence-electron chi connectivity index (χ4n) is 2.75. The maximum absolute atomic E-state index is 6.18. The zero-order chi connectivity index (χ0) is 17.9. The van der Waals surface area contributed by atoms with Crippen molar-refractivity contribution in [2.45, 2.75) is 58.9 Å². The lowest BCUT2D eigenvalue weighted by atomic mass is 10.0. The molecule has 0 spiro atoms. The van der Waals surface area contributed by atoms with E-state index in [1.807, 2.05) is 0 Å². The highest BCUT2D eigenvalue weighted by Gasteiger charge is 2.09. The van der Waals surface area contributed by atoms with Crippen LogP contribution >= 0.6 is 12.2 Å². The summed E-state index contributed by atoms with van der Waals surface area (Å²) in [6.07, 6.45) is 6.50. The first-order valence-electron chi connectivity index (χ1n) is 9.13. The molecule has 4 heteroatoms. The van der Waals surface area contributed by atoms with Crippen molar-refractivity contribution in [3.63, 3.8) is 0 Å². The first-order valence-corrected chi connectivity index (χ1v) is 9.54. The zero-order valence-electron chi connectivity index (χ0n) is 15.8. The Labute approximate surface area is 153 Å². The van der Waals surface area contributed by atoms with Crippen LogP contribution in [0.2, 0.25) is 0 Å². The molecule has 136 valence electrons. The largest absolute Gasteiger partial charge is 0.487 e. The summed E-state index contributed by atoms with van der Waals surface area (Å²) in [5, 5.41) is 0.710. The maximum Gasteiger partial charge on any atom is 0.160 e. The van der Waals surface area contributed by atoms with Crippen molar-refractivity contribution in [3.8, 4) is 0 Å². The van der Waals surface area contributed by atoms with Crippen LogP contribution in [-0.2, 0) is 17.7 Å². The molecule has 2 N–H and O–H groups in total. The number of anilines is 1. The second-order valence-electron chi connectivity index (χ2n) is 6.87. The Hall–Kier alpha value is -1.13. The third-order valence-electron chi connectivity index (χ3n) is 4.33. The van der Waals surface area contributed by atoms with Gasteiger partial charge >= 0.3 is 0 Å². The molecule has 0 aliphatic carbocycles. The second kappa shape index (κ2) is 11.4. The molecule has 1 aromatic carbocycles. The van der Waals surface area contributed by atoms with Gasteiger partial charge in [0.2, 0.25) is 0 Å². The van der Waals surface area contributed by atoms with E-state index in [1.54, 1.807) is 0 Å². The van der Waals surface area contributed by atoms with Crippen molar-refractivity contribution in [3.05, 3.63) is 29.3 Å². The van der Waals surface area contributed by atoms with Gasteiger partial charge in [-0.3, -0.25) is 0 Å². The molecule has 1 unspecified atom stereocenters. The van der Waals surface area contributed by atoms with E-state index < -0.39 is 0 Å². The van der Waals surface area contributed by atoms with Crippen LogP contribution in [0.3, 0.4) is 0 Å². The normalized spacial score (nSPS) is 12.4. The van der Waals surface area contributed by atoms with Crippen molar-refractivity contribution >= 4 is 23.0 Å². The molecule has 3 nitrogen and oxygen atoms in total. The topological polar surface area (TPSA) is 38.5 Å². The molecule has 0 fully saturated rings. The van der Waals surface area contributed by atoms with Gasteiger partial charge in [0.15, 0.2) is 5.05 Å². The van der Waals surface area contributed by atoms with E-state index in [1.165, 1.54) is 24.8 Å². The minimum atomic E-state index is 0.623. The number of thiocarbonyl (C=S) groups is 1. The zero-order valence-corrected chi connectivity index (χ0v) is 16.6. The second-order valence-corrected chi connectivity index (χ2v) is 7.33. The molecule has 0 bridgehead atoms. The summed E-state index contributed by atoms with van der Waals surface area (Å²) < 4.78 is 5.81. The molecule has 0 radical (unpaired) electrons. The molecular formula is C20H34N2OS. The molecule has 0 aromatic heterocycles. The first kappa shape index (κ1) is 20.9. The summed E-state index contributed by atoms with van der Waals surface area (Å²) in [5.41, 5.74) is 9.42. The summed E-state index contributed by atoms with van der Waals surface area (Å²) in [4.78, 5) is 2.14. The third-order valence-corrected chi connectivity index (χ3v) is 4.65. The molecule has 24 heavy (non-hydrogen) atoms. The Morgan fingerprint density at radius 1 is 1.29 bits per heavy atom. The minimum absolute atomic E-state index is 0.623. The highest BCUT2D eigenvalue weighted by Crippen LogP contribution is 2.18. The number of nitrogens with zero attached hydrogens (tertiary/aromatic N) is 1. The lowest BCUT2D eigenvalue weighted by molar-refractivity contribution is 0.223. The van der Waals surface area contributed by atoms with E-state index in [2.05, 4.69) is 51.0 Å². The average molecular weight is 351 g/mol. The Bertz CT molecular complexity index is 502. The first-order chi connectivity index (χ1) is 11.5. The lowest BCUT2D eigenvalue weighted by Gasteiger charge is -2.16. The van der Waals surface area contributed by atoms with Crippen molar-refractivity contribution in [2.24, 2.45) is 5.92 Å². The van der Waals surface area contributed by atoms with E-state index in [0.29, 0.717) is 11.0 Å². The maximum atomic E-state index is 6.18. The lowest BCUT2D eigenvalue weighted by Crippen LogP contribution is -2.13. The summed E-state index contributed by atoms with van der Waals surface area (Å²) >= 11 is 5.39. The summed E-state index contributed by atoms with van der Waals surface area (Å²) in [6, 6.07) is 6.33. The molecular weight excluding hydrogens is 316 g/mol. The molecule has 0 saturated carbocycles. The Morgan fingerprint density at radius 3 is 2.62 bits per heavy atom. The van der Waals surface area contributed by atoms with Crippen molar-refractivity contribution in [1.82, 2.24) is 4.90 Å². The van der Waals surface area contributed by atoms with Crippen LogP contribution in [0.5, 0.6) is 0 Å².